The van der Waals surface area contributed by atoms with Crippen molar-refractivity contribution in [2.75, 3.05) is 22.5 Å². The molecule has 1 amide bonds. The van der Waals surface area contributed by atoms with Crippen LogP contribution < -0.4 is 16.0 Å². The first-order valence-corrected chi connectivity index (χ1v) is 13.3. The molecule has 1 heterocycles. The highest BCUT2D eigenvalue weighted by Gasteiger charge is 2.23. The van der Waals surface area contributed by atoms with E-state index in [1.54, 1.807) is 6.33 Å². The highest BCUT2D eigenvalue weighted by atomic mass is 32.2. The number of carbonyl (C=O) groups excluding carboxylic acids is 1. The molecule has 34 heavy (non-hydrogen) atoms. The average Bonchev–Trinajstić information content (AvgIpc) is 3.52. The van der Waals surface area contributed by atoms with Crippen LogP contribution in [0.5, 0.6) is 0 Å². The Hall–Kier alpha value is -2.93. The van der Waals surface area contributed by atoms with E-state index in [2.05, 4.69) is 63.2 Å². The summed E-state index contributed by atoms with van der Waals surface area (Å²) in [6.07, 6.45) is 12.3. The molecule has 0 aliphatic heterocycles. The van der Waals surface area contributed by atoms with E-state index >= 15 is 0 Å². The van der Waals surface area contributed by atoms with Crippen LogP contribution in [0.2, 0.25) is 0 Å². The SMILES string of the molecule is CCNc1cc2c(cc1NC(=O)S/C=C/C1CCCC1)CCCC2Nc1ccc2nc[nH]c2c1. The molecule has 3 aromatic rings. The zero-order valence-corrected chi connectivity index (χ0v) is 20.5. The number of aryl methyl sites for hydroxylation is 1. The lowest BCUT2D eigenvalue weighted by molar-refractivity contribution is 0.270. The van der Waals surface area contributed by atoms with Crippen LogP contribution in [0, 0.1) is 5.92 Å². The number of nitrogens with one attached hydrogen (secondary N) is 4. The lowest BCUT2D eigenvalue weighted by Crippen LogP contribution is -2.19. The van der Waals surface area contributed by atoms with Crippen LogP contribution in [0.1, 0.15) is 62.6 Å². The molecule has 0 spiro atoms. The molecule has 2 aliphatic carbocycles. The number of nitrogens with zero attached hydrogens (tertiary/aromatic N) is 1. The van der Waals surface area contributed by atoms with Gasteiger partial charge in [-0.2, -0.15) is 0 Å². The van der Waals surface area contributed by atoms with Crippen molar-refractivity contribution in [3.05, 3.63) is 59.3 Å². The number of aromatic nitrogens is 2. The Balaban J connectivity index is 1.32. The van der Waals surface area contributed by atoms with Crippen molar-refractivity contribution in [1.82, 2.24) is 9.97 Å². The predicted molar refractivity (Wildman–Crippen MR) is 144 cm³/mol. The maximum atomic E-state index is 12.7. The lowest BCUT2D eigenvalue weighted by atomic mass is 9.86. The van der Waals surface area contributed by atoms with Gasteiger partial charge in [-0.15, -0.1) is 0 Å². The monoisotopic (exact) mass is 475 g/mol. The number of H-pyrrole nitrogens is 1. The van der Waals surface area contributed by atoms with Gasteiger partial charge in [0.05, 0.1) is 34.8 Å². The van der Waals surface area contributed by atoms with E-state index < -0.39 is 0 Å². The summed E-state index contributed by atoms with van der Waals surface area (Å²) < 4.78 is 0. The second-order valence-corrected chi connectivity index (χ2v) is 10.1. The van der Waals surface area contributed by atoms with E-state index in [9.17, 15) is 4.79 Å². The number of hydrogen-bond acceptors (Lipinski definition) is 5. The third-order valence-electron chi connectivity index (χ3n) is 6.88. The van der Waals surface area contributed by atoms with E-state index in [4.69, 9.17) is 0 Å². The van der Waals surface area contributed by atoms with E-state index in [-0.39, 0.29) is 11.3 Å². The number of benzene rings is 2. The molecule has 1 fully saturated rings. The maximum Gasteiger partial charge on any atom is 0.287 e. The molecule has 178 valence electrons. The third kappa shape index (κ3) is 5.25. The van der Waals surface area contributed by atoms with Crippen LogP contribution in [0.3, 0.4) is 0 Å². The van der Waals surface area contributed by atoms with Gasteiger partial charge in [-0.1, -0.05) is 18.9 Å². The number of aromatic amines is 1. The molecule has 1 aromatic heterocycles. The number of rotatable bonds is 7. The second kappa shape index (κ2) is 10.6. The van der Waals surface area contributed by atoms with Gasteiger partial charge in [0, 0.05) is 12.2 Å². The number of allylic oxidation sites excluding steroid dienone is 1. The van der Waals surface area contributed by atoms with Crippen molar-refractivity contribution < 1.29 is 4.79 Å². The molecule has 1 atom stereocenters. The predicted octanol–water partition coefficient (Wildman–Crippen LogP) is 7.45. The zero-order valence-electron chi connectivity index (χ0n) is 19.7. The van der Waals surface area contributed by atoms with Gasteiger partial charge < -0.3 is 20.9 Å². The van der Waals surface area contributed by atoms with Gasteiger partial charge in [0.25, 0.3) is 5.24 Å². The normalized spacial score (nSPS) is 18.3. The van der Waals surface area contributed by atoms with E-state index in [1.807, 2.05) is 11.5 Å². The Morgan fingerprint density at radius 1 is 1.15 bits per heavy atom. The third-order valence-corrected chi connectivity index (χ3v) is 7.49. The number of hydrogen-bond donors (Lipinski definition) is 4. The first-order valence-electron chi connectivity index (χ1n) is 12.4. The van der Waals surface area contributed by atoms with Gasteiger partial charge in [-0.3, -0.25) is 4.79 Å². The quantitative estimate of drug-likeness (QED) is 0.285. The smallest absolute Gasteiger partial charge is 0.287 e. The van der Waals surface area contributed by atoms with Crippen LogP contribution in [-0.4, -0.2) is 21.8 Å². The van der Waals surface area contributed by atoms with Gasteiger partial charge >= 0.3 is 0 Å². The molecule has 1 saturated carbocycles. The van der Waals surface area contributed by atoms with Crippen LogP contribution >= 0.6 is 11.8 Å². The number of fused-ring (bicyclic) bond motifs is 2. The molecule has 0 radical (unpaired) electrons. The fourth-order valence-corrected chi connectivity index (χ4v) is 5.77. The molecule has 5 rings (SSSR count). The average molecular weight is 476 g/mol. The largest absolute Gasteiger partial charge is 0.384 e. The molecule has 2 aromatic carbocycles. The topological polar surface area (TPSA) is 81.8 Å². The van der Waals surface area contributed by atoms with Gasteiger partial charge in [0.15, 0.2) is 0 Å². The summed E-state index contributed by atoms with van der Waals surface area (Å²) in [6.45, 7) is 2.88. The minimum atomic E-state index is -0.0355. The summed E-state index contributed by atoms with van der Waals surface area (Å²) in [5, 5.41) is 12.2. The fraction of sp³-hybridized carbons (Fsp3) is 0.407. The number of thioether (sulfide) groups is 1. The molecule has 0 saturated heterocycles. The summed E-state index contributed by atoms with van der Waals surface area (Å²) in [6, 6.07) is 10.9. The van der Waals surface area contributed by atoms with Crippen molar-refractivity contribution in [1.29, 1.82) is 0 Å². The summed E-state index contributed by atoms with van der Waals surface area (Å²) >= 11 is 1.25. The second-order valence-electron chi connectivity index (χ2n) is 9.25. The molecular weight excluding hydrogens is 442 g/mol. The van der Waals surface area contributed by atoms with Gasteiger partial charge in [0.1, 0.15) is 0 Å². The molecule has 0 bridgehead atoms. The van der Waals surface area contributed by atoms with Crippen LogP contribution in [-0.2, 0) is 6.42 Å². The van der Waals surface area contributed by atoms with E-state index in [1.165, 1.54) is 48.6 Å². The number of imidazole rings is 1. The first kappa shape index (κ1) is 22.8. The van der Waals surface area contributed by atoms with Crippen molar-refractivity contribution >= 4 is 45.1 Å². The van der Waals surface area contributed by atoms with Crippen LogP contribution in [0.25, 0.3) is 11.0 Å². The Morgan fingerprint density at radius 3 is 2.88 bits per heavy atom. The van der Waals surface area contributed by atoms with Crippen molar-refractivity contribution in [2.45, 2.75) is 57.9 Å². The fourth-order valence-electron chi connectivity index (χ4n) is 5.17. The van der Waals surface area contributed by atoms with Crippen LogP contribution in [0.4, 0.5) is 21.9 Å². The first-order chi connectivity index (χ1) is 16.7. The summed E-state index contributed by atoms with van der Waals surface area (Å²) in [5.74, 6) is 0.639. The standard InChI is InChI=1S/C27H33N5OS/c1-2-28-25-16-21-19(14-26(25)32-27(33)34-13-12-18-6-3-4-7-18)8-5-9-22(21)31-20-10-11-23-24(15-20)30-17-29-23/h10-18,22,28,31H,2-9H2,1H3,(H,29,30)(H,32,33)/b13-12+. The number of anilines is 3. The Bertz CT molecular complexity index is 1180. The summed E-state index contributed by atoms with van der Waals surface area (Å²) in [7, 11) is 0. The number of carbonyl (C=O) groups is 1. The van der Waals surface area contributed by atoms with Crippen molar-refractivity contribution in [3.8, 4) is 0 Å². The lowest BCUT2D eigenvalue weighted by Gasteiger charge is -2.29. The minimum absolute atomic E-state index is 0.0355. The highest BCUT2D eigenvalue weighted by molar-refractivity contribution is 8.16. The maximum absolute atomic E-state index is 12.7. The summed E-state index contributed by atoms with van der Waals surface area (Å²) in [4.78, 5) is 20.2. The summed E-state index contributed by atoms with van der Waals surface area (Å²) in [5.41, 5.74) is 7.54. The Morgan fingerprint density at radius 2 is 2.03 bits per heavy atom. The Labute approximate surface area is 205 Å². The molecular formula is C27H33N5OS. The Kier molecular flexibility index (Phi) is 7.09. The van der Waals surface area contributed by atoms with E-state index in [0.717, 1.165) is 53.9 Å². The molecule has 4 N–H and O–H groups in total. The van der Waals surface area contributed by atoms with Crippen molar-refractivity contribution in [3.63, 3.8) is 0 Å². The molecule has 2 aliphatic rings. The van der Waals surface area contributed by atoms with Gasteiger partial charge in [-0.25, -0.2) is 4.98 Å². The van der Waals surface area contributed by atoms with E-state index in [0.29, 0.717) is 5.92 Å². The number of amides is 1. The molecule has 6 nitrogen and oxygen atoms in total. The van der Waals surface area contributed by atoms with Gasteiger partial charge in [0.2, 0.25) is 0 Å². The minimum Gasteiger partial charge on any atom is -0.384 e. The van der Waals surface area contributed by atoms with Crippen molar-refractivity contribution in [2.24, 2.45) is 5.92 Å². The zero-order chi connectivity index (χ0) is 23.3. The molecule has 7 heteroatoms. The van der Waals surface area contributed by atoms with Gasteiger partial charge in [-0.05, 0) is 104 Å². The molecule has 1 unspecified atom stereocenters. The van der Waals surface area contributed by atoms with Crippen LogP contribution in [0.15, 0.2) is 48.1 Å². The highest BCUT2D eigenvalue weighted by Crippen LogP contribution is 2.38.